The third kappa shape index (κ3) is 4.04. The lowest BCUT2D eigenvalue weighted by molar-refractivity contribution is -0.128. The summed E-state index contributed by atoms with van der Waals surface area (Å²) in [5, 5.41) is 1.24. The van der Waals surface area contributed by atoms with Crippen molar-refractivity contribution >= 4 is 22.9 Å². The van der Waals surface area contributed by atoms with E-state index in [4.69, 9.17) is 9.15 Å². The minimum Gasteiger partial charge on any atom is -0.493 e. The molecule has 1 amide bonds. The van der Waals surface area contributed by atoms with Crippen LogP contribution in [0.2, 0.25) is 0 Å². The van der Waals surface area contributed by atoms with E-state index in [0.717, 1.165) is 47.7 Å². The van der Waals surface area contributed by atoms with Crippen molar-refractivity contribution in [3.05, 3.63) is 94.6 Å². The van der Waals surface area contributed by atoms with Gasteiger partial charge in [-0.3, -0.25) is 4.79 Å². The average molecular weight is 468 g/mol. The Labute approximate surface area is 204 Å². The summed E-state index contributed by atoms with van der Waals surface area (Å²) in [6, 6.07) is 18.4. The molecule has 2 aromatic heterocycles. The first-order chi connectivity index (χ1) is 17.1. The summed E-state index contributed by atoms with van der Waals surface area (Å²) in [6.45, 7) is 2.09. The SMILES string of the molecule is CN(C)Cc1ccc(/C=C/C(=O)N2CCc3c([nH]c4ccccc34)[C@H]2c2ccc3c(c2)CCO3)o1. The molecule has 0 aliphatic carbocycles. The highest BCUT2D eigenvalue weighted by molar-refractivity contribution is 5.93. The van der Waals surface area contributed by atoms with Crippen LogP contribution in [0.3, 0.4) is 0 Å². The quantitative estimate of drug-likeness (QED) is 0.422. The van der Waals surface area contributed by atoms with Crippen molar-refractivity contribution < 1.29 is 13.9 Å². The highest BCUT2D eigenvalue weighted by Crippen LogP contribution is 2.40. The summed E-state index contributed by atoms with van der Waals surface area (Å²) in [4.78, 5) is 21.2. The monoisotopic (exact) mass is 467 g/mol. The van der Waals surface area contributed by atoms with Gasteiger partial charge in [0.2, 0.25) is 5.91 Å². The van der Waals surface area contributed by atoms with Gasteiger partial charge in [-0.2, -0.15) is 0 Å². The number of nitrogens with one attached hydrogen (secondary N) is 1. The number of nitrogens with zero attached hydrogens (tertiary/aromatic N) is 2. The molecule has 0 spiro atoms. The molecule has 0 bridgehead atoms. The molecule has 2 aliphatic rings. The Bertz CT molecular complexity index is 1430. The molecule has 6 heteroatoms. The van der Waals surface area contributed by atoms with Gasteiger partial charge in [0.05, 0.1) is 19.2 Å². The molecule has 6 nitrogen and oxygen atoms in total. The second-order valence-electron chi connectivity index (χ2n) is 9.59. The number of aromatic nitrogens is 1. The Hall–Kier alpha value is -3.77. The molecule has 0 radical (unpaired) electrons. The summed E-state index contributed by atoms with van der Waals surface area (Å²) in [7, 11) is 4.00. The first-order valence-electron chi connectivity index (χ1n) is 12.1. The molecule has 1 N–H and O–H groups in total. The van der Waals surface area contributed by atoms with E-state index < -0.39 is 0 Å². The number of aromatic amines is 1. The highest BCUT2D eigenvalue weighted by Gasteiger charge is 2.34. The fourth-order valence-corrected chi connectivity index (χ4v) is 5.33. The molecule has 178 valence electrons. The zero-order chi connectivity index (χ0) is 23.9. The number of H-pyrrole nitrogens is 1. The van der Waals surface area contributed by atoms with E-state index in [9.17, 15) is 4.79 Å². The molecule has 0 fully saturated rings. The maximum atomic E-state index is 13.5. The van der Waals surface area contributed by atoms with Crippen molar-refractivity contribution in [1.29, 1.82) is 0 Å². The van der Waals surface area contributed by atoms with Crippen LogP contribution in [-0.4, -0.2) is 47.9 Å². The molecule has 2 aromatic carbocycles. The lowest BCUT2D eigenvalue weighted by Gasteiger charge is -2.35. The first-order valence-corrected chi connectivity index (χ1v) is 12.1. The van der Waals surface area contributed by atoms with E-state index in [-0.39, 0.29) is 11.9 Å². The van der Waals surface area contributed by atoms with Crippen molar-refractivity contribution in [1.82, 2.24) is 14.8 Å². The molecule has 6 rings (SSSR count). The van der Waals surface area contributed by atoms with Gasteiger partial charge in [0.15, 0.2) is 0 Å². The summed E-state index contributed by atoms with van der Waals surface area (Å²) in [5.41, 5.74) is 5.83. The second kappa shape index (κ2) is 8.78. The van der Waals surface area contributed by atoms with Crippen molar-refractivity contribution in [2.24, 2.45) is 0 Å². The summed E-state index contributed by atoms with van der Waals surface area (Å²) in [6.07, 6.45) is 5.12. The van der Waals surface area contributed by atoms with Crippen LogP contribution in [0.25, 0.3) is 17.0 Å². The topological polar surface area (TPSA) is 61.7 Å². The van der Waals surface area contributed by atoms with Crippen molar-refractivity contribution in [3.63, 3.8) is 0 Å². The molecule has 1 atom stereocenters. The molecule has 4 heterocycles. The van der Waals surface area contributed by atoms with Crippen LogP contribution in [0.4, 0.5) is 0 Å². The smallest absolute Gasteiger partial charge is 0.247 e. The normalized spacial score (nSPS) is 17.2. The maximum Gasteiger partial charge on any atom is 0.247 e. The van der Waals surface area contributed by atoms with Gasteiger partial charge in [-0.25, -0.2) is 0 Å². The standard InChI is InChI=1S/C29H29N3O3/c1-31(2)18-22-9-8-21(35-22)10-12-27(33)32-15-13-24-23-5-3-4-6-25(23)30-28(24)29(32)20-7-11-26-19(17-20)14-16-34-26/h3-12,17,29-30H,13-16,18H2,1-2H3/b12-10+/t29-/m1/s1. The summed E-state index contributed by atoms with van der Waals surface area (Å²) >= 11 is 0. The Balaban J connectivity index is 1.36. The average Bonchev–Trinajstić information content (AvgIpc) is 3.59. The number of fused-ring (bicyclic) bond motifs is 4. The largest absolute Gasteiger partial charge is 0.493 e. The number of furan rings is 1. The van der Waals surface area contributed by atoms with Crippen molar-refractivity contribution in [3.8, 4) is 5.75 Å². The highest BCUT2D eigenvalue weighted by atomic mass is 16.5. The van der Waals surface area contributed by atoms with E-state index in [1.165, 1.54) is 16.5 Å². The van der Waals surface area contributed by atoms with Crippen molar-refractivity contribution in [2.75, 3.05) is 27.2 Å². The van der Waals surface area contributed by atoms with E-state index in [0.29, 0.717) is 18.9 Å². The Kier molecular flexibility index (Phi) is 5.46. The summed E-state index contributed by atoms with van der Waals surface area (Å²) in [5.74, 6) is 2.48. The number of amides is 1. The third-order valence-corrected chi connectivity index (χ3v) is 6.89. The van der Waals surface area contributed by atoms with E-state index in [2.05, 4.69) is 40.2 Å². The molecule has 0 saturated carbocycles. The van der Waals surface area contributed by atoms with E-state index in [1.54, 1.807) is 12.2 Å². The van der Waals surface area contributed by atoms with Gasteiger partial charge in [-0.1, -0.05) is 24.3 Å². The van der Waals surface area contributed by atoms with Gasteiger partial charge in [-0.15, -0.1) is 0 Å². The van der Waals surface area contributed by atoms with Crippen LogP contribution < -0.4 is 4.74 Å². The number of carbonyl (C=O) groups excluding carboxylic acids is 1. The lowest BCUT2D eigenvalue weighted by atomic mass is 9.91. The number of hydrogen-bond acceptors (Lipinski definition) is 4. The Morgan fingerprint density at radius 1 is 1.14 bits per heavy atom. The minimum absolute atomic E-state index is 0.0263. The van der Waals surface area contributed by atoms with E-state index in [1.807, 2.05) is 43.3 Å². The zero-order valence-corrected chi connectivity index (χ0v) is 20.1. The third-order valence-electron chi connectivity index (χ3n) is 6.89. The Morgan fingerprint density at radius 2 is 2.03 bits per heavy atom. The van der Waals surface area contributed by atoms with Crippen LogP contribution in [0, 0.1) is 0 Å². The molecule has 4 aromatic rings. The number of carbonyl (C=O) groups is 1. The molecule has 0 saturated heterocycles. The second-order valence-corrected chi connectivity index (χ2v) is 9.59. The van der Waals surface area contributed by atoms with Crippen LogP contribution in [0.5, 0.6) is 5.75 Å². The van der Waals surface area contributed by atoms with Crippen LogP contribution >= 0.6 is 0 Å². The van der Waals surface area contributed by atoms with Crippen LogP contribution in [0.15, 0.2) is 65.1 Å². The van der Waals surface area contributed by atoms with Gasteiger partial charge >= 0.3 is 0 Å². The van der Waals surface area contributed by atoms with Gasteiger partial charge in [0.25, 0.3) is 0 Å². The number of ether oxygens (including phenoxy) is 1. The van der Waals surface area contributed by atoms with Crippen LogP contribution in [-0.2, 0) is 24.2 Å². The Morgan fingerprint density at radius 3 is 2.91 bits per heavy atom. The predicted molar refractivity (Wildman–Crippen MR) is 136 cm³/mol. The van der Waals surface area contributed by atoms with Gasteiger partial charge in [0, 0.05) is 35.6 Å². The van der Waals surface area contributed by atoms with Gasteiger partial charge in [-0.05, 0) is 73.6 Å². The molecular formula is C29H29N3O3. The fraction of sp³-hybridized carbons (Fsp3) is 0.276. The maximum absolute atomic E-state index is 13.5. The fourth-order valence-electron chi connectivity index (χ4n) is 5.33. The zero-order valence-electron chi connectivity index (χ0n) is 20.1. The number of para-hydroxylation sites is 1. The number of benzene rings is 2. The van der Waals surface area contributed by atoms with E-state index >= 15 is 0 Å². The van der Waals surface area contributed by atoms with Gasteiger partial charge in [0.1, 0.15) is 17.3 Å². The first kappa shape index (κ1) is 21.7. The number of rotatable bonds is 5. The molecule has 35 heavy (non-hydrogen) atoms. The molecular weight excluding hydrogens is 438 g/mol. The van der Waals surface area contributed by atoms with Gasteiger partial charge < -0.3 is 23.9 Å². The van der Waals surface area contributed by atoms with Crippen molar-refractivity contribution in [2.45, 2.75) is 25.4 Å². The lowest BCUT2D eigenvalue weighted by Crippen LogP contribution is -2.39. The van der Waals surface area contributed by atoms with Crippen LogP contribution in [0.1, 0.15) is 39.9 Å². The summed E-state index contributed by atoms with van der Waals surface area (Å²) < 4.78 is 11.6. The minimum atomic E-state index is -0.185. The molecule has 2 aliphatic heterocycles. The number of hydrogen-bond donors (Lipinski definition) is 1. The predicted octanol–water partition coefficient (Wildman–Crippen LogP) is 4.94. The molecule has 0 unspecified atom stereocenters.